The van der Waals surface area contributed by atoms with Crippen LogP contribution in [-0.2, 0) is 4.79 Å². The van der Waals surface area contributed by atoms with Crippen molar-refractivity contribution in [2.24, 2.45) is 5.41 Å². The lowest BCUT2D eigenvalue weighted by molar-refractivity contribution is -0.144. The third kappa shape index (κ3) is 3.27. The van der Waals surface area contributed by atoms with Gasteiger partial charge in [0.25, 0.3) is 0 Å². The highest BCUT2D eigenvalue weighted by Gasteiger charge is 2.46. The Morgan fingerprint density at radius 1 is 1.37 bits per heavy atom. The van der Waals surface area contributed by atoms with E-state index in [2.05, 4.69) is 16.8 Å². The fourth-order valence-corrected chi connectivity index (χ4v) is 5.71. The molecule has 2 heterocycles. The number of fused-ring (bicyclic) bond motifs is 2. The summed E-state index contributed by atoms with van der Waals surface area (Å²) in [6.45, 7) is 3.13. The first kappa shape index (κ1) is 18.8. The van der Waals surface area contributed by atoms with Crippen LogP contribution < -0.4 is 0 Å². The van der Waals surface area contributed by atoms with Gasteiger partial charge in [-0.05, 0) is 49.3 Å². The SMILES string of the molecule is CC(CC(=O)N1CCCC2(CO)CCCCC12)c1c[nH]c2cccc(Cl)c12. The quantitative estimate of drug-likeness (QED) is 0.785. The molecule has 1 saturated carbocycles. The number of aromatic nitrogens is 1. The van der Waals surface area contributed by atoms with E-state index >= 15 is 0 Å². The van der Waals surface area contributed by atoms with Crippen molar-refractivity contribution in [1.82, 2.24) is 9.88 Å². The van der Waals surface area contributed by atoms with Gasteiger partial charge in [0, 0.05) is 41.5 Å². The number of amides is 1. The number of benzene rings is 1. The van der Waals surface area contributed by atoms with E-state index in [1.54, 1.807) is 0 Å². The summed E-state index contributed by atoms with van der Waals surface area (Å²) in [5, 5.41) is 11.9. The van der Waals surface area contributed by atoms with E-state index in [9.17, 15) is 9.90 Å². The van der Waals surface area contributed by atoms with Crippen molar-refractivity contribution >= 4 is 28.4 Å². The number of aliphatic hydroxyl groups is 1. The largest absolute Gasteiger partial charge is 0.396 e. The Kier molecular flexibility index (Phi) is 5.21. The molecule has 1 aliphatic heterocycles. The number of carbonyl (C=O) groups is 1. The molecule has 0 bridgehead atoms. The Labute approximate surface area is 165 Å². The average Bonchev–Trinajstić information content (AvgIpc) is 3.13. The fraction of sp³-hybridized carbons (Fsp3) is 0.591. The van der Waals surface area contributed by atoms with Gasteiger partial charge in [0.15, 0.2) is 0 Å². The van der Waals surface area contributed by atoms with Crippen molar-refractivity contribution in [2.45, 2.75) is 63.8 Å². The van der Waals surface area contributed by atoms with Crippen molar-refractivity contribution in [2.75, 3.05) is 13.2 Å². The van der Waals surface area contributed by atoms with Crippen molar-refractivity contribution in [3.63, 3.8) is 0 Å². The second-order valence-electron chi connectivity index (χ2n) is 8.48. The van der Waals surface area contributed by atoms with Crippen LogP contribution >= 0.6 is 11.6 Å². The molecule has 5 heteroatoms. The topological polar surface area (TPSA) is 56.3 Å². The molecule has 0 spiro atoms. The molecule has 2 aromatic rings. The van der Waals surface area contributed by atoms with Gasteiger partial charge in [-0.15, -0.1) is 0 Å². The molecule has 1 aromatic carbocycles. The van der Waals surface area contributed by atoms with E-state index in [1.807, 2.05) is 24.4 Å². The molecule has 146 valence electrons. The van der Waals surface area contributed by atoms with Crippen LogP contribution in [0.5, 0.6) is 0 Å². The molecule has 4 nitrogen and oxygen atoms in total. The van der Waals surface area contributed by atoms with E-state index in [0.29, 0.717) is 6.42 Å². The molecule has 1 amide bonds. The van der Waals surface area contributed by atoms with Crippen LogP contribution in [-0.4, -0.2) is 40.1 Å². The number of nitrogens with one attached hydrogen (secondary N) is 1. The lowest BCUT2D eigenvalue weighted by Crippen LogP contribution is -2.57. The zero-order chi connectivity index (χ0) is 19.0. The molecule has 1 aliphatic carbocycles. The number of H-pyrrole nitrogens is 1. The summed E-state index contributed by atoms with van der Waals surface area (Å²) >= 11 is 6.42. The molecule has 4 rings (SSSR count). The molecule has 2 fully saturated rings. The predicted molar refractivity (Wildman–Crippen MR) is 109 cm³/mol. The van der Waals surface area contributed by atoms with Gasteiger partial charge in [-0.2, -0.15) is 0 Å². The van der Waals surface area contributed by atoms with Gasteiger partial charge in [-0.1, -0.05) is 37.4 Å². The first-order valence-corrected chi connectivity index (χ1v) is 10.6. The van der Waals surface area contributed by atoms with E-state index in [-0.39, 0.29) is 29.9 Å². The summed E-state index contributed by atoms with van der Waals surface area (Å²) in [6, 6.07) is 6.06. The minimum Gasteiger partial charge on any atom is -0.396 e. The molecule has 2 aliphatic rings. The van der Waals surface area contributed by atoms with Crippen molar-refractivity contribution in [1.29, 1.82) is 0 Å². The summed E-state index contributed by atoms with van der Waals surface area (Å²) in [4.78, 5) is 18.6. The minimum atomic E-state index is -0.0700. The predicted octanol–water partition coefficient (Wildman–Crippen LogP) is 4.86. The maximum absolute atomic E-state index is 13.2. The molecule has 27 heavy (non-hydrogen) atoms. The van der Waals surface area contributed by atoms with Gasteiger partial charge in [-0.25, -0.2) is 0 Å². The molecule has 1 aromatic heterocycles. The Hall–Kier alpha value is -1.52. The first-order chi connectivity index (χ1) is 13.1. The van der Waals surface area contributed by atoms with Gasteiger partial charge in [0.1, 0.15) is 0 Å². The number of hydrogen-bond donors (Lipinski definition) is 2. The number of aromatic amines is 1. The number of piperidine rings is 1. The molecule has 2 N–H and O–H groups in total. The maximum Gasteiger partial charge on any atom is 0.223 e. The minimum absolute atomic E-state index is 0.0700. The second-order valence-corrected chi connectivity index (χ2v) is 8.89. The lowest BCUT2D eigenvalue weighted by Gasteiger charge is -2.52. The average molecular weight is 389 g/mol. The highest BCUT2D eigenvalue weighted by atomic mass is 35.5. The van der Waals surface area contributed by atoms with Gasteiger partial charge >= 0.3 is 0 Å². The monoisotopic (exact) mass is 388 g/mol. The van der Waals surface area contributed by atoms with Crippen molar-refractivity contribution < 1.29 is 9.90 Å². The lowest BCUT2D eigenvalue weighted by atomic mass is 9.65. The van der Waals surface area contributed by atoms with Gasteiger partial charge in [0.05, 0.1) is 11.6 Å². The maximum atomic E-state index is 13.2. The molecular weight excluding hydrogens is 360 g/mol. The number of nitrogens with zero attached hydrogens (tertiary/aromatic N) is 1. The Morgan fingerprint density at radius 2 is 2.19 bits per heavy atom. The van der Waals surface area contributed by atoms with Crippen molar-refractivity contribution in [3.8, 4) is 0 Å². The summed E-state index contributed by atoms with van der Waals surface area (Å²) in [5.74, 6) is 0.313. The van der Waals surface area contributed by atoms with E-state index in [4.69, 9.17) is 11.6 Å². The van der Waals surface area contributed by atoms with Crippen LogP contribution in [0.25, 0.3) is 10.9 Å². The number of carbonyl (C=O) groups excluding carboxylic acids is 1. The smallest absolute Gasteiger partial charge is 0.223 e. The first-order valence-electron chi connectivity index (χ1n) is 10.2. The van der Waals surface area contributed by atoms with Crippen LogP contribution in [0.15, 0.2) is 24.4 Å². The molecule has 3 unspecified atom stereocenters. The van der Waals surface area contributed by atoms with Crippen molar-refractivity contribution in [3.05, 3.63) is 35.0 Å². The zero-order valence-corrected chi connectivity index (χ0v) is 16.8. The summed E-state index contributed by atoms with van der Waals surface area (Å²) < 4.78 is 0. The normalized spacial score (nSPS) is 26.8. The van der Waals surface area contributed by atoms with E-state index in [1.165, 1.54) is 6.42 Å². The zero-order valence-electron chi connectivity index (χ0n) is 16.0. The summed E-state index contributed by atoms with van der Waals surface area (Å²) in [6.07, 6.45) is 8.92. The third-order valence-electron chi connectivity index (χ3n) is 6.89. The second kappa shape index (κ2) is 7.48. The number of aliphatic hydroxyl groups excluding tert-OH is 1. The third-order valence-corrected chi connectivity index (χ3v) is 7.21. The summed E-state index contributed by atoms with van der Waals surface area (Å²) in [5.41, 5.74) is 2.05. The standard InChI is InChI=1S/C22H29ClN2O2/c1-15(16-13-24-18-7-4-6-17(23)21(16)18)12-20(27)25-11-5-10-22(14-26)9-3-2-8-19(22)25/h4,6-7,13,15,19,24,26H,2-3,5,8-12,14H2,1H3. The van der Waals surface area contributed by atoms with Crippen LogP contribution in [0.1, 0.15) is 63.4 Å². The van der Waals surface area contributed by atoms with Crippen LogP contribution in [0.3, 0.4) is 0 Å². The Bertz CT molecular complexity index is 829. The van der Waals surface area contributed by atoms with Crippen LogP contribution in [0.4, 0.5) is 0 Å². The molecular formula is C22H29ClN2O2. The Morgan fingerprint density at radius 3 is 3.00 bits per heavy atom. The molecule has 1 saturated heterocycles. The number of hydrogen-bond acceptors (Lipinski definition) is 2. The highest BCUT2D eigenvalue weighted by molar-refractivity contribution is 6.35. The number of likely N-dealkylation sites (tertiary alicyclic amines) is 1. The van der Waals surface area contributed by atoms with Crippen LogP contribution in [0.2, 0.25) is 5.02 Å². The summed E-state index contributed by atoms with van der Waals surface area (Å²) in [7, 11) is 0. The van der Waals surface area contributed by atoms with Gasteiger partial charge in [-0.3, -0.25) is 4.79 Å². The number of halogens is 1. The molecule has 3 atom stereocenters. The number of rotatable bonds is 4. The molecule has 0 radical (unpaired) electrons. The van der Waals surface area contributed by atoms with Crippen LogP contribution in [0, 0.1) is 5.41 Å². The fourth-order valence-electron chi connectivity index (χ4n) is 5.43. The van der Waals surface area contributed by atoms with E-state index < -0.39 is 0 Å². The highest BCUT2D eigenvalue weighted by Crippen LogP contribution is 2.46. The van der Waals surface area contributed by atoms with E-state index in [0.717, 1.165) is 60.1 Å². The van der Waals surface area contributed by atoms with Gasteiger partial charge < -0.3 is 15.0 Å². The van der Waals surface area contributed by atoms with Gasteiger partial charge in [0.2, 0.25) is 5.91 Å². The Balaban J connectivity index is 1.54.